The average Bonchev–Trinajstić information content (AvgIpc) is 2.52. The van der Waals surface area contributed by atoms with Crippen LogP contribution in [0.25, 0.3) is 23.1 Å². The molecule has 0 spiro atoms. The molecule has 0 aliphatic carbocycles. The normalized spacial score (nSPS) is 11.3. The molecule has 0 fully saturated rings. The molecule has 3 rings (SSSR count). The van der Waals surface area contributed by atoms with E-state index in [1.54, 1.807) is 12.1 Å². The number of aromatic nitrogens is 1. The van der Waals surface area contributed by atoms with E-state index in [0.29, 0.717) is 5.75 Å². The number of aryl methyl sites for hydroxylation is 1. The molecule has 0 saturated carbocycles. The lowest BCUT2D eigenvalue weighted by Gasteiger charge is -2.02. The summed E-state index contributed by atoms with van der Waals surface area (Å²) in [5.74, 6) is 0.291. The SMILES string of the molecule is CC[n+]1c(/C=C/c2cccc(O)c2)ccc2ccccc21. The van der Waals surface area contributed by atoms with Crippen LogP contribution in [0.3, 0.4) is 0 Å². The van der Waals surface area contributed by atoms with E-state index in [2.05, 4.69) is 54.0 Å². The van der Waals surface area contributed by atoms with Gasteiger partial charge in [-0.25, -0.2) is 0 Å². The second-order valence-corrected chi connectivity index (χ2v) is 4.99. The van der Waals surface area contributed by atoms with Crippen LogP contribution in [0.1, 0.15) is 18.2 Å². The molecule has 0 aliphatic rings. The first kappa shape index (κ1) is 13.4. The number of para-hydroxylation sites is 1. The minimum Gasteiger partial charge on any atom is -0.508 e. The fourth-order valence-electron chi connectivity index (χ4n) is 2.59. The summed E-state index contributed by atoms with van der Waals surface area (Å²) in [6.45, 7) is 3.07. The maximum atomic E-state index is 9.51. The topological polar surface area (TPSA) is 24.1 Å². The van der Waals surface area contributed by atoms with Gasteiger partial charge in [0, 0.05) is 23.6 Å². The molecular weight excluding hydrogens is 258 g/mol. The second kappa shape index (κ2) is 5.80. The molecule has 21 heavy (non-hydrogen) atoms. The van der Waals surface area contributed by atoms with Crippen molar-refractivity contribution < 1.29 is 9.67 Å². The average molecular weight is 276 g/mol. The van der Waals surface area contributed by atoms with E-state index in [9.17, 15) is 5.11 Å². The molecule has 0 bridgehead atoms. The second-order valence-electron chi connectivity index (χ2n) is 4.99. The quantitative estimate of drug-likeness (QED) is 0.718. The molecule has 0 saturated heterocycles. The Kier molecular flexibility index (Phi) is 3.69. The number of fused-ring (bicyclic) bond motifs is 1. The van der Waals surface area contributed by atoms with Crippen LogP contribution in [0.15, 0.2) is 60.7 Å². The lowest BCUT2D eigenvalue weighted by atomic mass is 10.1. The highest BCUT2D eigenvalue weighted by Crippen LogP contribution is 2.15. The third-order valence-electron chi connectivity index (χ3n) is 3.61. The van der Waals surface area contributed by atoms with Crippen LogP contribution >= 0.6 is 0 Å². The summed E-state index contributed by atoms with van der Waals surface area (Å²) in [4.78, 5) is 0. The van der Waals surface area contributed by atoms with Crippen molar-refractivity contribution in [3.05, 3.63) is 71.9 Å². The van der Waals surface area contributed by atoms with E-state index in [4.69, 9.17) is 0 Å². The molecule has 1 aromatic heterocycles. The van der Waals surface area contributed by atoms with Crippen LogP contribution < -0.4 is 4.57 Å². The van der Waals surface area contributed by atoms with Crippen LogP contribution in [0, 0.1) is 0 Å². The number of phenols is 1. The largest absolute Gasteiger partial charge is 0.508 e. The Labute approximate surface area is 124 Å². The molecular formula is C19H18NO+. The number of benzene rings is 2. The lowest BCUT2D eigenvalue weighted by molar-refractivity contribution is -0.669. The number of rotatable bonds is 3. The van der Waals surface area contributed by atoms with Gasteiger partial charge in [0.05, 0.1) is 0 Å². The lowest BCUT2D eigenvalue weighted by Crippen LogP contribution is -2.36. The Morgan fingerprint density at radius 1 is 0.952 bits per heavy atom. The monoisotopic (exact) mass is 276 g/mol. The third-order valence-corrected chi connectivity index (χ3v) is 3.61. The summed E-state index contributed by atoms with van der Waals surface area (Å²) < 4.78 is 2.29. The maximum Gasteiger partial charge on any atom is 0.212 e. The van der Waals surface area contributed by atoms with Crippen molar-refractivity contribution in [1.82, 2.24) is 0 Å². The van der Waals surface area contributed by atoms with E-state index in [1.807, 2.05) is 18.2 Å². The Balaban J connectivity index is 2.04. The van der Waals surface area contributed by atoms with Crippen LogP contribution in [0.2, 0.25) is 0 Å². The predicted octanol–water partition coefficient (Wildman–Crippen LogP) is 4.02. The van der Waals surface area contributed by atoms with Crippen molar-refractivity contribution in [3.8, 4) is 5.75 Å². The molecule has 2 aromatic carbocycles. The highest BCUT2D eigenvalue weighted by Gasteiger charge is 2.10. The van der Waals surface area contributed by atoms with Gasteiger partial charge in [-0.3, -0.25) is 0 Å². The van der Waals surface area contributed by atoms with E-state index < -0.39 is 0 Å². The van der Waals surface area contributed by atoms with Gasteiger partial charge in [0.1, 0.15) is 12.3 Å². The predicted molar refractivity (Wildman–Crippen MR) is 86.9 cm³/mol. The molecule has 0 unspecified atom stereocenters. The van der Waals surface area contributed by atoms with Crippen molar-refractivity contribution in [3.63, 3.8) is 0 Å². The number of pyridine rings is 1. The summed E-state index contributed by atoms with van der Waals surface area (Å²) in [7, 11) is 0. The molecule has 0 aliphatic heterocycles. The summed E-state index contributed by atoms with van der Waals surface area (Å²) in [5, 5.41) is 10.8. The number of aromatic hydroxyl groups is 1. The smallest absolute Gasteiger partial charge is 0.212 e. The first-order chi connectivity index (χ1) is 10.3. The van der Waals surface area contributed by atoms with Gasteiger partial charge in [-0.1, -0.05) is 24.3 Å². The van der Waals surface area contributed by atoms with E-state index in [-0.39, 0.29) is 0 Å². The minimum atomic E-state index is 0.291. The van der Waals surface area contributed by atoms with Gasteiger partial charge >= 0.3 is 0 Å². The van der Waals surface area contributed by atoms with Crippen LogP contribution in [-0.4, -0.2) is 5.11 Å². The molecule has 3 aromatic rings. The zero-order valence-corrected chi connectivity index (χ0v) is 12.0. The Hall–Kier alpha value is -2.61. The van der Waals surface area contributed by atoms with Gasteiger partial charge in [0.25, 0.3) is 0 Å². The minimum absolute atomic E-state index is 0.291. The summed E-state index contributed by atoms with van der Waals surface area (Å²) in [6.07, 6.45) is 4.11. The van der Waals surface area contributed by atoms with Crippen molar-refractivity contribution in [1.29, 1.82) is 0 Å². The molecule has 1 heterocycles. The molecule has 0 amide bonds. The molecule has 2 heteroatoms. The summed E-state index contributed by atoms with van der Waals surface area (Å²) >= 11 is 0. The fourth-order valence-corrected chi connectivity index (χ4v) is 2.59. The van der Waals surface area contributed by atoms with Gasteiger partial charge in [-0.05, 0) is 42.8 Å². The Bertz CT molecular complexity index is 806. The van der Waals surface area contributed by atoms with Gasteiger partial charge in [-0.15, -0.1) is 0 Å². The summed E-state index contributed by atoms with van der Waals surface area (Å²) in [6, 6.07) is 19.9. The third kappa shape index (κ3) is 2.79. The van der Waals surface area contributed by atoms with Crippen molar-refractivity contribution in [2.24, 2.45) is 0 Å². The zero-order chi connectivity index (χ0) is 14.7. The Morgan fingerprint density at radius 3 is 2.62 bits per heavy atom. The van der Waals surface area contributed by atoms with Crippen molar-refractivity contribution in [2.75, 3.05) is 0 Å². The van der Waals surface area contributed by atoms with E-state index in [1.165, 1.54) is 10.9 Å². The maximum absolute atomic E-state index is 9.51. The van der Waals surface area contributed by atoms with Crippen molar-refractivity contribution >= 4 is 23.1 Å². The van der Waals surface area contributed by atoms with Gasteiger partial charge < -0.3 is 5.11 Å². The van der Waals surface area contributed by atoms with Crippen LogP contribution in [0.5, 0.6) is 5.75 Å². The van der Waals surface area contributed by atoms with Crippen LogP contribution in [-0.2, 0) is 6.54 Å². The zero-order valence-electron chi connectivity index (χ0n) is 12.0. The van der Waals surface area contributed by atoms with Gasteiger partial charge in [0.2, 0.25) is 11.2 Å². The molecule has 0 radical (unpaired) electrons. The fraction of sp³-hybridized carbons (Fsp3) is 0.105. The number of phenolic OH excluding ortho intramolecular Hbond substituents is 1. The van der Waals surface area contributed by atoms with Crippen LogP contribution in [0.4, 0.5) is 0 Å². The molecule has 104 valence electrons. The van der Waals surface area contributed by atoms with Gasteiger partial charge in [0.15, 0.2) is 0 Å². The van der Waals surface area contributed by atoms with E-state index in [0.717, 1.165) is 17.8 Å². The first-order valence-corrected chi connectivity index (χ1v) is 7.16. The van der Waals surface area contributed by atoms with Gasteiger partial charge in [-0.2, -0.15) is 4.57 Å². The number of hydrogen-bond donors (Lipinski definition) is 1. The van der Waals surface area contributed by atoms with E-state index >= 15 is 0 Å². The highest BCUT2D eigenvalue weighted by molar-refractivity contribution is 5.77. The summed E-state index contributed by atoms with van der Waals surface area (Å²) in [5.41, 5.74) is 3.38. The molecule has 1 N–H and O–H groups in total. The number of hydrogen-bond acceptors (Lipinski definition) is 1. The van der Waals surface area contributed by atoms with Crippen molar-refractivity contribution in [2.45, 2.75) is 13.5 Å². The first-order valence-electron chi connectivity index (χ1n) is 7.16. The Morgan fingerprint density at radius 2 is 1.81 bits per heavy atom. The molecule has 2 nitrogen and oxygen atoms in total. The standard InChI is InChI=1S/C19H17NO/c1-2-20-17(12-10-15-6-5-8-18(21)14-15)13-11-16-7-3-4-9-19(16)20/h3-14H,2H2,1H3/p+1/b12-10+. The highest BCUT2D eigenvalue weighted by atomic mass is 16.3. The number of nitrogens with zero attached hydrogens (tertiary/aromatic N) is 1. The molecule has 0 atom stereocenters.